The topological polar surface area (TPSA) is 66.4 Å². The maximum absolute atomic E-state index is 12.0. The fourth-order valence-electron chi connectivity index (χ4n) is 1.48. The highest BCUT2D eigenvalue weighted by Crippen LogP contribution is 2.26. The van der Waals surface area contributed by atoms with Crippen LogP contribution in [-0.4, -0.2) is 22.5 Å². The Morgan fingerprint density at radius 3 is 2.50 bits per heavy atom. The number of hydrogen-bond acceptors (Lipinski definition) is 2. The van der Waals surface area contributed by atoms with Crippen LogP contribution in [0, 0.1) is 0 Å². The maximum Gasteiger partial charge on any atom is 0.305 e. The normalized spacial score (nSPS) is 11.1. The summed E-state index contributed by atoms with van der Waals surface area (Å²) >= 11 is 11.7. The van der Waals surface area contributed by atoms with Gasteiger partial charge in [-0.2, -0.15) is 0 Å². The molecular weight excluding hydrogens is 277 g/mol. The molecular formula is C12H13Cl2NO3. The highest BCUT2D eigenvalue weighted by molar-refractivity contribution is 6.43. The van der Waals surface area contributed by atoms with Gasteiger partial charge in [-0.25, -0.2) is 0 Å². The Morgan fingerprint density at radius 1 is 1.33 bits per heavy atom. The zero-order chi connectivity index (χ0) is 13.9. The monoisotopic (exact) mass is 289 g/mol. The molecule has 0 saturated carbocycles. The molecule has 0 heterocycles. The molecule has 0 aliphatic carbocycles. The van der Waals surface area contributed by atoms with E-state index in [1.807, 2.05) is 0 Å². The molecule has 0 radical (unpaired) electrons. The third kappa shape index (κ3) is 3.89. The summed E-state index contributed by atoms with van der Waals surface area (Å²) < 4.78 is 0. The molecule has 2 N–H and O–H groups in total. The van der Waals surface area contributed by atoms with Crippen LogP contribution in [0.25, 0.3) is 0 Å². The predicted molar refractivity (Wildman–Crippen MR) is 70.3 cm³/mol. The van der Waals surface area contributed by atoms with E-state index >= 15 is 0 Å². The molecule has 1 rings (SSSR count). The number of carbonyl (C=O) groups excluding carboxylic acids is 1. The number of carboxylic acids is 1. The van der Waals surface area contributed by atoms with Crippen LogP contribution in [0.1, 0.15) is 30.6 Å². The van der Waals surface area contributed by atoms with Gasteiger partial charge in [0.15, 0.2) is 0 Å². The summed E-state index contributed by atoms with van der Waals surface area (Å²) in [5.74, 6) is -1.44. The minimum Gasteiger partial charge on any atom is -0.481 e. The largest absolute Gasteiger partial charge is 0.481 e. The minimum absolute atomic E-state index is 0.155. The summed E-state index contributed by atoms with van der Waals surface area (Å²) in [7, 11) is 0. The zero-order valence-electron chi connectivity index (χ0n) is 9.96. The lowest BCUT2D eigenvalue weighted by Gasteiger charge is -2.24. The standard InChI is InChI=1S/C12H13Cl2NO3/c1-12(2,6-9(16)17)15-11(18)7-4-3-5-8(13)10(7)14/h3-5H,6H2,1-2H3,(H,15,18)(H,16,17). The van der Waals surface area contributed by atoms with Crippen molar-refractivity contribution in [3.8, 4) is 0 Å². The van der Waals surface area contributed by atoms with E-state index in [1.54, 1.807) is 26.0 Å². The summed E-state index contributed by atoms with van der Waals surface area (Å²) in [6, 6.07) is 4.71. The van der Waals surface area contributed by atoms with Crippen molar-refractivity contribution in [2.75, 3.05) is 0 Å². The number of hydrogen-bond donors (Lipinski definition) is 2. The first-order valence-corrected chi connectivity index (χ1v) is 5.97. The van der Waals surface area contributed by atoms with Gasteiger partial charge in [-0.1, -0.05) is 29.3 Å². The third-order valence-electron chi connectivity index (χ3n) is 2.24. The van der Waals surface area contributed by atoms with Crippen molar-refractivity contribution < 1.29 is 14.7 Å². The van der Waals surface area contributed by atoms with Gasteiger partial charge in [0.25, 0.3) is 5.91 Å². The Kier molecular flexibility index (Phi) is 4.59. The molecule has 18 heavy (non-hydrogen) atoms. The maximum atomic E-state index is 12.0. The number of benzene rings is 1. The van der Waals surface area contributed by atoms with Gasteiger partial charge in [-0.3, -0.25) is 9.59 Å². The second-order valence-corrected chi connectivity index (χ2v) is 5.30. The first kappa shape index (κ1) is 14.8. The van der Waals surface area contributed by atoms with Crippen LogP contribution in [0.4, 0.5) is 0 Å². The number of carbonyl (C=O) groups is 2. The average Bonchev–Trinajstić information content (AvgIpc) is 2.18. The Bertz CT molecular complexity index is 486. The van der Waals surface area contributed by atoms with Gasteiger partial charge in [0.05, 0.1) is 22.0 Å². The van der Waals surface area contributed by atoms with E-state index in [2.05, 4.69) is 5.32 Å². The number of halogens is 2. The van der Waals surface area contributed by atoms with E-state index in [-0.39, 0.29) is 22.0 Å². The average molecular weight is 290 g/mol. The molecule has 0 saturated heterocycles. The van der Waals surface area contributed by atoms with Gasteiger partial charge in [0, 0.05) is 5.54 Å². The molecule has 6 heteroatoms. The Morgan fingerprint density at radius 2 is 1.94 bits per heavy atom. The molecule has 1 aromatic rings. The van der Waals surface area contributed by atoms with Crippen LogP contribution in [0.15, 0.2) is 18.2 Å². The molecule has 98 valence electrons. The molecule has 4 nitrogen and oxygen atoms in total. The van der Waals surface area contributed by atoms with Gasteiger partial charge in [0.2, 0.25) is 0 Å². The molecule has 1 aromatic carbocycles. The predicted octanol–water partition coefficient (Wildman–Crippen LogP) is 2.98. The molecule has 0 unspecified atom stereocenters. The van der Waals surface area contributed by atoms with Gasteiger partial charge in [-0.05, 0) is 26.0 Å². The lowest BCUT2D eigenvalue weighted by molar-refractivity contribution is -0.138. The minimum atomic E-state index is -0.988. The number of amides is 1. The molecule has 0 fully saturated rings. The van der Waals surface area contributed by atoms with Crippen LogP contribution in [-0.2, 0) is 4.79 Å². The van der Waals surface area contributed by atoms with E-state index in [0.29, 0.717) is 0 Å². The van der Waals surface area contributed by atoms with Crippen LogP contribution in [0.5, 0.6) is 0 Å². The van der Waals surface area contributed by atoms with E-state index in [9.17, 15) is 9.59 Å². The second kappa shape index (κ2) is 5.59. The third-order valence-corrected chi connectivity index (χ3v) is 3.06. The quantitative estimate of drug-likeness (QED) is 0.895. The Hall–Kier alpha value is -1.26. The van der Waals surface area contributed by atoms with Crippen molar-refractivity contribution in [3.05, 3.63) is 33.8 Å². The van der Waals surface area contributed by atoms with Gasteiger partial charge in [0.1, 0.15) is 0 Å². The Labute approximate surface area is 115 Å². The van der Waals surface area contributed by atoms with Crippen molar-refractivity contribution in [1.82, 2.24) is 5.32 Å². The van der Waals surface area contributed by atoms with Gasteiger partial charge >= 0.3 is 5.97 Å². The summed E-state index contributed by atoms with van der Waals surface area (Å²) in [5.41, 5.74) is -0.642. The van der Waals surface area contributed by atoms with Crippen LogP contribution < -0.4 is 5.32 Å². The molecule has 0 atom stereocenters. The van der Waals surface area contributed by atoms with Gasteiger partial charge in [-0.15, -0.1) is 0 Å². The van der Waals surface area contributed by atoms with Crippen molar-refractivity contribution >= 4 is 35.1 Å². The number of nitrogens with one attached hydrogen (secondary N) is 1. The summed E-state index contributed by atoms with van der Waals surface area (Å²) in [4.78, 5) is 22.6. The SMILES string of the molecule is CC(C)(CC(=O)O)NC(=O)c1cccc(Cl)c1Cl. The number of aliphatic carboxylic acids is 1. The van der Waals surface area contributed by atoms with Crippen LogP contribution in [0.2, 0.25) is 10.0 Å². The van der Waals surface area contributed by atoms with Crippen molar-refractivity contribution in [3.63, 3.8) is 0 Å². The highest BCUT2D eigenvalue weighted by atomic mass is 35.5. The molecule has 0 aromatic heterocycles. The second-order valence-electron chi connectivity index (χ2n) is 4.51. The zero-order valence-corrected chi connectivity index (χ0v) is 11.5. The van der Waals surface area contributed by atoms with E-state index < -0.39 is 17.4 Å². The van der Waals surface area contributed by atoms with Crippen molar-refractivity contribution in [2.24, 2.45) is 0 Å². The van der Waals surface area contributed by atoms with E-state index in [0.717, 1.165) is 0 Å². The van der Waals surface area contributed by atoms with Crippen molar-refractivity contribution in [1.29, 1.82) is 0 Å². The number of rotatable bonds is 4. The van der Waals surface area contributed by atoms with Gasteiger partial charge < -0.3 is 10.4 Å². The molecule has 0 aliphatic heterocycles. The lowest BCUT2D eigenvalue weighted by atomic mass is 10.00. The fourth-order valence-corrected chi connectivity index (χ4v) is 1.86. The first-order chi connectivity index (χ1) is 8.23. The number of carboxylic acid groups (broad SMARTS) is 1. The Balaban J connectivity index is 2.89. The summed E-state index contributed by atoms with van der Waals surface area (Å²) in [6.07, 6.45) is -0.184. The van der Waals surface area contributed by atoms with E-state index in [4.69, 9.17) is 28.3 Å². The summed E-state index contributed by atoms with van der Waals surface area (Å²) in [5, 5.41) is 11.8. The smallest absolute Gasteiger partial charge is 0.305 e. The van der Waals surface area contributed by atoms with E-state index in [1.165, 1.54) is 6.07 Å². The first-order valence-electron chi connectivity index (χ1n) is 5.21. The van der Waals surface area contributed by atoms with Crippen LogP contribution in [0.3, 0.4) is 0 Å². The molecule has 0 aliphatic rings. The molecule has 0 spiro atoms. The lowest BCUT2D eigenvalue weighted by Crippen LogP contribution is -2.45. The van der Waals surface area contributed by atoms with Crippen molar-refractivity contribution in [2.45, 2.75) is 25.8 Å². The molecule has 0 bridgehead atoms. The van der Waals surface area contributed by atoms with Crippen LogP contribution >= 0.6 is 23.2 Å². The molecule has 1 amide bonds. The summed E-state index contributed by atoms with van der Waals surface area (Å²) in [6.45, 7) is 3.24. The fraction of sp³-hybridized carbons (Fsp3) is 0.333. The highest BCUT2D eigenvalue weighted by Gasteiger charge is 2.25.